The number of hydrogen-bond donors (Lipinski definition) is 1. The summed E-state index contributed by atoms with van der Waals surface area (Å²) in [5.74, 6) is 1.82. The van der Waals surface area contributed by atoms with E-state index in [1.165, 1.54) is 5.56 Å². The number of rotatable bonds is 14. The van der Waals surface area contributed by atoms with Crippen LogP contribution < -0.4 is 19.5 Å². The van der Waals surface area contributed by atoms with E-state index in [1.54, 1.807) is 26.3 Å². The van der Waals surface area contributed by atoms with E-state index in [4.69, 9.17) is 18.9 Å². The van der Waals surface area contributed by atoms with Crippen LogP contribution in [-0.2, 0) is 16.0 Å². The molecular formula is C35H38N2O6. The Morgan fingerprint density at radius 3 is 2.12 bits per heavy atom. The van der Waals surface area contributed by atoms with Gasteiger partial charge in [-0.15, -0.1) is 0 Å². The van der Waals surface area contributed by atoms with Crippen molar-refractivity contribution in [1.82, 2.24) is 10.3 Å². The zero-order chi connectivity index (χ0) is 30.6. The van der Waals surface area contributed by atoms with Crippen LogP contribution in [0.15, 0.2) is 91.1 Å². The molecule has 224 valence electrons. The average molecular weight is 583 g/mol. The quantitative estimate of drug-likeness (QED) is 0.139. The van der Waals surface area contributed by atoms with E-state index in [9.17, 15) is 9.59 Å². The monoisotopic (exact) mass is 582 g/mol. The van der Waals surface area contributed by atoms with E-state index >= 15 is 0 Å². The molecule has 0 aliphatic carbocycles. The van der Waals surface area contributed by atoms with Crippen molar-refractivity contribution in [3.8, 4) is 28.5 Å². The van der Waals surface area contributed by atoms with Crippen LogP contribution >= 0.6 is 0 Å². The lowest BCUT2D eigenvalue weighted by atomic mass is 10.0. The largest absolute Gasteiger partial charge is 0.497 e. The predicted molar refractivity (Wildman–Crippen MR) is 166 cm³/mol. The molecule has 43 heavy (non-hydrogen) atoms. The molecule has 4 aromatic rings. The Morgan fingerprint density at radius 2 is 1.51 bits per heavy atom. The topological polar surface area (TPSA) is 96.0 Å². The van der Waals surface area contributed by atoms with Crippen molar-refractivity contribution in [2.75, 3.05) is 26.9 Å². The van der Waals surface area contributed by atoms with Crippen LogP contribution in [-0.4, -0.2) is 49.8 Å². The summed E-state index contributed by atoms with van der Waals surface area (Å²) in [6, 6.07) is 26.4. The van der Waals surface area contributed by atoms with Gasteiger partial charge in [-0.05, 0) is 84.6 Å². The second kappa shape index (κ2) is 15.4. The molecule has 8 nitrogen and oxygen atoms in total. The molecule has 1 heterocycles. The van der Waals surface area contributed by atoms with Gasteiger partial charge in [0.15, 0.2) is 6.10 Å². The first-order valence-corrected chi connectivity index (χ1v) is 14.4. The number of aromatic nitrogens is 1. The van der Waals surface area contributed by atoms with Gasteiger partial charge in [-0.2, -0.15) is 0 Å². The predicted octanol–water partition coefficient (Wildman–Crippen LogP) is 6.24. The van der Waals surface area contributed by atoms with E-state index in [-0.39, 0.29) is 12.5 Å². The summed E-state index contributed by atoms with van der Waals surface area (Å²) in [5.41, 5.74) is 4.28. The number of carbonyl (C=O) groups excluding carboxylic acids is 2. The zero-order valence-electron chi connectivity index (χ0n) is 25.0. The Balaban J connectivity index is 1.25. The maximum absolute atomic E-state index is 12.6. The van der Waals surface area contributed by atoms with Crippen LogP contribution in [0.4, 0.5) is 0 Å². The summed E-state index contributed by atoms with van der Waals surface area (Å²) < 4.78 is 22.3. The fraction of sp³-hybridized carbons (Fsp3) is 0.286. The highest BCUT2D eigenvalue weighted by Gasteiger charge is 2.23. The Labute approximate surface area is 253 Å². The van der Waals surface area contributed by atoms with E-state index in [2.05, 4.69) is 24.1 Å². The van der Waals surface area contributed by atoms with Gasteiger partial charge in [0.1, 0.15) is 23.9 Å². The molecule has 3 aromatic carbocycles. The first-order chi connectivity index (χ1) is 20.9. The maximum atomic E-state index is 12.6. The molecule has 0 bridgehead atoms. The SMILES string of the molecule is CCOC(=O)C(Cc1ccc(OCCNC(=O)c2ccc(-c3ccc(OC)cc3)nc2)cc1)Oc1ccc(C(C)C)cc1. The van der Waals surface area contributed by atoms with E-state index < -0.39 is 12.1 Å². The highest BCUT2D eigenvalue weighted by Crippen LogP contribution is 2.22. The molecule has 0 spiro atoms. The van der Waals surface area contributed by atoms with Crippen molar-refractivity contribution in [3.63, 3.8) is 0 Å². The van der Waals surface area contributed by atoms with Gasteiger partial charge in [-0.3, -0.25) is 9.78 Å². The number of nitrogens with zero attached hydrogens (tertiary/aromatic N) is 1. The minimum atomic E-state index is -0.772. The summed E-state index contributed by atoms with van der Waals surface area (Å²) >= 11 is 0. The van der Waals surface area contributed by atoms with Gasteiger partial charge in [-0.25, -0.2) is 4.79 Å². The second-order valence-corrected chi connectivity index (χ2v) is 10.2. The van der Waals surface area contributed by atoms with Crippen molar-refractivity contribution < 1.29 is 28.5 Å². The second-order valence-electron chi connectivity index (χ2n) is 10.2. The van der Waals surface area contributed by atoms with E-state index in [0.717, 1.165) is 22.6 Å². The Morgan fingerprint density at radius 1 is 0.837 bits per heavy atom. The van der Waals surface area contributed by atoms with Gasteiger partial charge in [0.2, 0.25) is 0 Å². The van der Waals surface area contributed by atoms with Crippen molar-refractivity contribution in [2.24, 2.45) is 0 Å². The van der Waals surface area contributed by atoms with Gasteiger partial charge in [0, 0.05) is 18.2 Å². The van der Waals surface area contributed by atoms with Gasteiger partial charge >= 0.3 is 5.97 Å². The third-order valence-corrected chi connectivity index (χ3v) is 6.79. The smallest absolute Gasteiger partial charge is 0.347 e. The summed E-state index contributed by atoms with van der Waals surface area (Å²) in [5, 5.41) is 2.85. The average Bonchev–Trinajstić information content (AvgIpc) is 3.04. The van der Waals surface area contributed by atoms with Crippen LogP contribution in [0.5, 0.6) is 17.2 Å². The number of hydrogen-bond acceptors (Lipinski definition) is 7. The third kappa shape index (κ3) is 9.07. The molecule has 8 heteroatoms. The summed E-state index contributed by atoms with van der Waals surface area (Å²) in [6.45, 7) is 6.93. The standard InChI is InChI=1S/C35H38N2O6/c1-5-41-35(39)33(43-31-17-8-26(9-18-31)24(2)3)22-25-6-13-30(14-7-25)42-21-20-36-34(38)28-12-19-32(37-23-28)27-10-15-29(40-4)16-11-27/h6-19,23-24,33H,5,20-22H2,1-4H3,(H,36,38). The molecule has 0 saturated carbocycles. The fourth-order valence-corrected chi connectivity index (χ4v) is 4.34. The molecule has 0 aliphatic rings. The summed E-state index contributed by atoms with van der Waals surface area (Å²) in [4.78, 5) is 29.6. The number of esters is 1. The third-order valence-electron chi connectivity index (χ3n) is 6.79. The number of methoxy groups -OCH3 is 1. The molecule has 0 radical (unpaired) electrons. The summed E-state index contributed by atoms with van der Waals surface area (Å²) in [7, 11) is 1.62. The van der Waals surface area contributed by atoms with Crippen molar-refractivity contribution in [2.45, 2.75) is 39.2 Å². The minimum absolute atomic E-state index is 0.225. The Hall–Kier alpha value is -4.85. The van der Waals surface area contributed by atoms with Crippen LogP contribution in [0.25, 0.3) is 11.3 Å². The number of ether oxygens (including phenoxy) is 4. The van der Waals surface area contributed by atoms with Crippen LogP contribution in [0.2, 0.25) is 0 Å². The minimum Gasteiger partial charge on any atom is -0.497 e. The fourth-order valence-electron chi connectivity index (χ4n) is 4.34. The van der Waals surface area contributed by atoms with Crippen molar-refractivity contribution in [3.05, 3.63) is 108 Å². The molecule has 1 N–H and O–H groups in total. The Bertz CT molecular complexity index is 1450. The lowest BCUT2D eigenvalue weighted by Gasteiger charge is -2.18. The van der Waals surface area contributed by atoms with Gasteiger partial charge < -0.3 is 24.3 Å². The molecule has 1 aromatic heterocycles. The normalized spacial score (nSPS) is 11.5. The first-order valence-electron chi connectivity index (χ1n) is 14.4. The first kappa shape index (κ1) is 31.1. The molecule has 4 rings (SSSR count). The lowest BCUT2D eigenvalue weighted by Crippen LogP contribution is -2.31. The molecule has 1 atom stereocenters. The molecular weight excluding hydrogens is 544 g/mol. The number of nitrogens with one attached hydrogen (secondary N) is 1. The van der Waals surface area contributed by atoms with Gasteiger partial charge in [-0.1, -0.05) is 38.1 Å². The van der Waals surface area contributed by atoms with E-state index in [1.807, 2.05) is 78.9 Å². The number of carbonyl (C=O) groups is 2. The van der Waals surface area contributed by atoms with Crippen LogP contribution in [0.1, 0.15) is 48.2 Å². The highest BCUT2D eigenvalue weighted by atomic mass is 16.6. The lowest BCUT2D eigenvalue weighted by molar-refractivity contribution is -0.151. The van der Waals surface area contributed by atoms with Crippen molar-refractivity contribution >= 4 is 11.9 Å². The van der Waals surface area contributed by atoms with Gasteiger partial charge in [0.05, 0.1) is 31.5 Å². The van der Waals surface area contributed by atoms with Crippen LogP contribution in [0.3, 0.4) is 0 Å². The maximum Gasteiger partial charge on any atom is 0.347 e. The van der Waals surface area contributed by atoms with Gasteiger partial charge in [0.25, 0.3) is 5.91 Å². The summed E-state index contributed by atoms with van der Waals surface area (Å²) in [6.07, 6.45) is 1.14. The molecule has 1 amide bonds. The molecule has 0 fully saturated rings. The zero-order valence-corrected chi connectivity index (χ0v) is 25.0. The number of amides is 1. The molecule has 0 aliphatic heterocycles. The molecule has 0 saturated heterocycles. The number of benzene rings is 3. The number of pyridine rings is 1. The molecule has 1 unspecified atom stereocenters. The van der Waals surface area contributed by atoms with Crippen LogP contribution in [0, 0.1) is 0 Å². The van der Waals surface area contributed by atoms with E-state index in [0.29, 0.717) is 42.6 Å². The highest BCUT2D eigenvalue weighted by molar-refractivity contribution is 5.94. The van der Waals surface area contributed by atoms with Crippen molar-refractivity contribution in [1.29, 1.82) is 0 Å². The Kier molecular flexibility index (Phi) is 11.1.